The summed E-state index contributed by atoms with van der Waals surface area (Å²) in [6, 6.07) is 0.0856. The molecular weight excluding hydrogens is 219 g/mol. The standard InChI is InChI=1S/C5H2BF5N.K/c7-4-1-3(6(9,10)11)2-12-5(4)8;/h1-2H;/q-1;+1. The molecule has 0 aliphatic rings. The van der Waals surface area contributed by atoms with Crippen LogP contribution in [0.25, 0.3) is 0 Å². The molecular formula is C5H2BF5KN. The van der Waals surface area contributed by atoms with Crippen molar-refractivity contribution >= 4 is 12.4 Å². The summed E-state index contributed by atoms with van der Waals surface area (Å²) in [6.45, 7) is -5.31. The number of aromatic nitrogens is 1. The van der Waals surface area contributed by atoms with Gasteiger partial charge in [-0.3, -0.25) is 0 Å². The number of hydrogen-bond donors (Lipinski definition) is 0. The maximum absolute atomic E-state index is 12.2. The number of nitrogens with zero attached hydrogens (tertiary/aromatic N) is 1. The Morgan fingerprint density at radius 1 is 1.15 bits per heavy atom. The number of hydrogen-bond acceptors (Lipinski definition) is 1. The van der Waals surface area contributed by atoms with Crippen LogP contribution in [-0.2, 0) is 0 Å². The van der Waals surface area contributed by atoms with Crippen molar-refractivity contribution in [2.75, 3.05) is 0 Å². The first-order valence-corrected chi connectivity index (χ1v) is 2.92. The molecule has 0 saturated heterocycles. The van der Waals surface area contributed by atoms with Crippen molar-refractivity contribution in [3.05, 3.63) is 24.0 Å². The van der Waals surface area contributed by atoms with Gasteiger partial charge in [-0.2, -0.15) is 4.39 Å². The van der Waals surface area contributed by atoms with Gasteiger partial charge in [0.15, 0.2) is 5.82 Å². The summed E-state index contributed by atoms with van der Waals surface area (Å²) < 4.78 is 59.7. The second-order valence-corrected chi connectivity index (χ2v) is 2.12. The predicted molar refractivity (Wildman–Crippen MR) is 32.9 cm³/mol. The van der Waals surface area contributed by atoms with Crippen LogP contribution in [0.3, 0.4) is 0 Å². The molecule has 0 radical (unpaired) electrons. The molecule has 0 bridgehead atoms. The summed E-state index contributed by atoms with van der Waals surface area (Å²) in [7, 11) is 0. The Balaban J connectivity index is 0.00000144. The first kappa shape index (κ1) is 13.5. The van der Waals surface area contributed by atoms with Gasteiger partial charge in [0.2, 0.25) is 5.95 Å². The van der Waals surface area contributed by atoms with Crippen molar-refractivity contribution in [1.29, 1.82) is 0 Å². The molecule has 66 valence electrons. The van der Waals surface area contributed by atoms with Gasteiger partial charge in [-0.05, 0) is 6.07 Å². The van der Waals surface area contributed by atoms with Crippen molar-refractivity contribution < 1.29 is 73.1 Å². The molecule has 0 unspecified atom stereocenters. The molecule has 0 spiro atoms. The second-order valence-electron chi connectivity index (χ2n) is 2.12. The molecule has 0 saturated carbocycles. The van der Waals surface area contributed by atoms with Crippen LogP contribution in [0.5, 0.6) is 0 Å². The molecule has 0 amide bonds. The first-order chi connectivity index (χ1) is 5.41. The van der Waals surface area contributed by atoms with Gasteiger partial charge < -0.3 is 12.9 Å². The maximum atomic E-state index is 12.2. The van der Waals surface area contributed by atoms with E-state index in [2.05, 4.69) is 4.98 Å². The Labute approximate surface area is 113 Å². The average Bonchev–Trinajstić information content (AvgIpc) is 1.92. The summed E-state index contributed by atoms with van der Waals surface area (Å²) in [4.78, 5) is 2.60. The third-order valence-corrected chi connectivity index (χ3v) is 1.20. The van der Waals surface area contributed by atoms with Gasteiger partial charge in [-0.25, -0.2) is 9.37 Å². The van der Waals surface area contributed by atoms with Crippen molar-refractivity contribution in [1.82, 2.24) is 4.98 Å². The summed E-state index contributed by atoms with van der Waals surface area (Å²) in [5.74, 6) is -3.12. The molecule has 8 heteroatoms. The maximum Gasteiger partial charge on any atom is 1.00 e. The van der Waals surface area contributed by atoms with Crippen molar-refractivity contribution in [2.45, 2.75) is 0 Å². The SMILES string of the molecule is Fc1cc([B-](F)(F)F)cnc1F.[K+]. The predicted octanol–water partition coefficient (Wildman–Crippen LogP) is -1.58. The van der Waals surface area contributed by atoms with E-state index in [9.17, 15) is 21.7 Å². The van der Waals surface area contributed by atoms with E-state index < -0.39 is 24.2 Å². The summed E-state index contributed by atoms with van der Waals surface area (Å²) in [6.07, 6.45) is 0.262. The Morgan fingerprint density at radius 3 is 2.08 bits per heavy atom. The largest absolute Gasteiger partial charge is 1.00 e. The van der Waals surface area contributed by atoms with Crippen molar-refractivity contribution in [3.8, 4) is 0 Å². The molecule has 1 nitrogen and oxygen atoms in total. The minimum Gasteiger partial charge on any atom is -0.445 e. The molecule has 13 heavy (non-hydrogen) atoms. The quantitative estimate of drug-likeness (QED) is 0.317. The minimum absolute atomic E-state index is 0. The third kappa shape index (κ3) is 3.63. The third-order valence-electron chi connectivity index (χ3n) is 1.20. The zero-order chi connectivity index (χ0) is 9.35. The normalized spacial score (nSPS) is 10.8. The van der Waals surface area contributed by atoms with E-state index in [1.165, 1.54) is 0 Å². The summed E-state index contributed by atoms with van der Waals surface area (Å²) in [5.41, 5.74) is -1.24. The Kier molecular flexibility index (Phi) is 5.02. The van der Waals surface area contributed by atoms with Gasteiger partial charge in [0.1, 0.15) is 0 Å². The Bertz CT molecular complexity index is 301. The van der Waals surface area contributed by atoms with Crippen LogP contribution in [0.4, 0.5) is 21.7 Å². The molecule has 1 aromatic rings. The van der Waals surface area contributed by atoms with Crippen LogP contribution >= 0.6 is 0 Å². The zero-order valence-corrected chi connectivity index (χ0v) is 9.69. The minimum atomic E-state index is -5.31. The second kappa shape index (κ2) is 4.83. The molecule has 0 fully saturated rings. The summed E-state index contributed by atoms with van der Waals surface area (Å²) >= 11 is 0. The first-order valence-electron chi connectivity index (χ1n) is 2.92. The van der Waals surface area contributed by atoms with Crippen LogP contribution in [-0.4, -0.2) is 12.0 Å². The average molecular weight is 221 g/mol. The van der Waals surface area contributed by atoms with E-state index in [4.69, 9.17) is 0 Å². The summed E-state index contributed by atoms with van der Waals surface area (Å²) in [5, 5.41) is 0. The molecule has 0 aliphatic heterocycles. The van der Waals surface area contributed by atoms with Gasteiger partial charge in [0.25, 0.3) is 0 Å². The van der Waals surface area contributed by atoms with Crippen LogP contribution in [0.15, 0.2) is 12.3 Å². The van der Waals surface area contributed by atoms with Gasteiger partial charge in [0, 0.05) is 6.20 Å². The van der Waals surface area contributed by atoms with E-state index in [0.29, 0.717) is 0 Å². The molecule has 1 aromatic heterocycles. The van der Waals surface area contributed by atoms with Crippen LogP contribution < -0.4 is 56.8 Å². The molecule has 1 rings (SSSR count). The van der Waals surface area contributed by atoms with Crippen LogP contribution in [0.2, 0.25) is 0 Å². The zero-order valence-electron chi connectivity index (χ0n) is 6.57. The molecule has 0 aromatic carbocycles. The Morgan fingerprint density at radius 2 is 1.69 bits per heavy atom. The van der Waals surface area contributed by atoms with Crippen LogP contribution in [0.1, 0.15) is 0 Å². The molecule has 0 atom stereocenters. The smallest absolute Gasteiger partial charge is 0.445 e. The molecule has 0 aliphatic carbocycles. The molecule has 0 N–H and O–H groups in total. The van der Waals surface area contributed by atoms with Gasteiger partial charge in [0.05, 0.1) is 0 Å². The van der Waals surface area contributed by atoms with E-state index in [1.807, 2.05) is 0 Å². The van der Waals surface area contributed by atoms with E-state index in [1.54, 1.807) is 0 Å². The number of rotatable bonds is 1. The fourth-order valence-electron chi connectivity index (χ4n) is 0.615. The fraction of sp³-hybridized carbons (Fsp3) is 0. The van der Waals surface area contributed by atoms with Crippen LogP contribution in [0, 0.1) is 11.8 Å². The topological polar surface area (TPSA) is 12.9 Å². The Hall–Kier alpha value is 0.501. The fourth-order valence-corrected chi connectivity index (χ4v) is 0.615. The van der Waals surface area contributed by atoms with Crippen molar-refractivity contribution in [2.24, 2.45) is 0 Å². The van der Waals surface area contributed by atoms with E-state index in [0.717, 1.165) is 0 Å². The molecule has 1 heterocycles. The van der Waals surface area contributed by atoms with Crippen molar-refractivity contribution in [3.63, 3.8) is 0 Å². The van der Waals surface area contributed by atoms with Gasteiger partial charge >= 0.3 is 58.4 Å². The number of pyridine rings is 1. The van der Waals surface area contributed by atoms with Gasteiger partial charge in [-0.15, -0.1) is 0 Å². The van der Waals surface area contributed by atoms with Gasteiger partial charge in [-0.1, -0.05) is 5.46 Å². The van der Waals surface area contributed by atoms with E-state index in [-0.39, 0.29) is 63.6 Å². The monoisotopic (exact) mass is 221 g/mol. The van der Waals surface area contributed by atoms with E-state index >= 15 is 0 Å². The number of halogens is 5.